The van der Waals surface area contributed by atoms with E-state index >= 15 is 0 Å². The number of halogens is 1. The number of fused-ring (bicyclic) bond motifs is 1. The number of phenols is 1. The molecule has 0 radical (unpaired) electrons. The summed E-state index contributed by atoms with van der Waals surface area (Å²) in [6.45, 7) is 1.73. The highest BCUT2D eigenvalue weighted by Crippen LogP contribution is 2.45. The van der Waals surface area contributed by atoms with Crippen molar-refractivity contribution in [3.63, 3.8) is 0 Å². The monoisotopic (exact) mass is 700 g/mol. The first kappa shape index (κ1) is 33.4. The molecule has 3 aromatic carbocycles. The Morgan fingerprint density at radius 2 is 1.76 bits per heavy atom. The highest BCUT2D eigenvalue weighted by Gasteiger charge is 2.23. The van der Waals surface area contributed by atoms with Crippen molar-refractivity contribution >= 4 is 79.6 Å². The summed E-state index contributed by atoms with van der Waals surface area (Å²) in [5.74, 6) is -0.506. The lowest BCUT2D eigenvalue weighted by Crippen LogP contribution is -2.37. The number of azo groups is 1. The number of nitrogens with zero attached hydrogens (tertiary/aromatic N) is 6. The van der Waals surface area contributed by atoms with E-state index in [0.717, 1.165) is 6.07 Å². The normalized spacial score (nSPS) is 14.0. The minimum Gasteiger partial charge on any atom is -0.507 e. The number of anilines is 4. The van der Waals surface area contributed by atoms with E-state index in [-0.39, 0.29) is 49.5 Å². The SMILES string of the molecule is Nc1c(S(=O)(=O)O)cc2cc(SOOO)cc(O)c2c1N=Nc1cc(Nc2nc(F)nc(N3CCOCC3)n2)ccc1SOOO. The zero-order valence-electron chi connectivity index (χ0n) is 22.8. The number of nitrogens with two attached hydrogens (primary N) is 1. The molecule has 7 N–H and O–H groups in total. The highest BCUT2D eigenvalue weighted by molar-refractivity contribution is 7.94. The van der Waals surface area contributed by atoms with Gasteiger partial charge in [0.15, 0.2) is 0 Å². The molecule has 1 fully saturated rings. The summed E-state index contributed by atoms with van der Waals surface area (Å²) in [5, 5.41) is 46.1. The maximum absolute atomic E-state index is 14.3. The topological polar surface area (TPSA) is 266 Å². The van der Waals surface area contributed by atoms with Crippen molar-refractivity contribution < 1.29 is 56.5 Å². The van der Waals surface area contributed by atoms with Crippen LogP contribution in [-0.4, -0.2) is 69.8 Å². The average molecular weight is 701 g/mol. The van der Waals surface area contributed by atoms with Gasteiger partial charge >= 0.3 is 6.08 Å². The first-order valence-corrected chi connectivity index (χ1v) is 15.4. The Bertz CT molecular complexity index is 1880. The molecule has 0 amide bonds. The molecule has 0 saturated carbocycles. The molecule has 1 aromatic heterocycles. The number of rotatable bonds is 12. The Balaban J connectivity index is 1.56. The van der Waals surface area contributed by atoms with Gasteiger partial charge in [-0.2, -0.15) is 27.8 Å². The molecule has 1 aliphatic heterocycles. The third kappa shape index (κ3) is 7.85. The standard InChI is InChI=1S/C23H21FN8O11S3/c24-21-27-22(29-23(28-21)32-3-5-39-6-4-32)26-12-1-2-16(45-43-41-35)14(9-12)30-31-20-18-11(8-17(19(20)25)46(36,37)38)7-13(10-15(18)33)44-42-40-34/h1-2,7-10,33-35H,3-6,25H2,(H,36,37,38)(H,26,27,28,29). The summed E-state index contributed by atoms with van der Waals surface area (Å²) >= 11 is 0.983. The summed E-state index contributed by atoms with van der Waals surface area (Å²) in [6.07, 6.45) is -1.03. The zero-order valence-corrected chi connectivity index (χ0v) is 25.3. The van der Waals surface area contributed by atoms with Gasteiger partial charge in [-0.15, -0.1) is 18.9 Å². The van der Waals surface area contributed by atoms with Crippen molar-refractivity contribution in [1.82, 2.24) is 15.0 Å². The van der Waals surface area contributed by atoms with E-state index in [0.29, 0.717) is 50.4 Å². The molecule has 2 heterocycles. The van der Waals surface area contributed by atoms with Gasteiger partial charge in [0.2, 0.25) is 11.9 Å². The van der Waals surface area contributed by atoms with Crippen LogP contribution in [0.5, 0.6) is 5.75 Å². The molecule has 46 heavy (non-hydrogen) atoms. The van der Waals surface area contributed by atoms with Gasteiger partial charge in [-0.05, 0) is 41.8 Å². The lowest BCUT2D eigenvalue weighted by atomic mass is 10.1. The number of hydrogen-bond acceptors (Lipinski definition) is 20. The first-order chi connectivity index (χ1) is 22.1. The van der Waals surface area contributed by atoms with Gasteiger partial charge < -0.3 is 25.8 Å². The summed E-state index contributed by atoms with van der Waals surface area (Å²) < 4.78 is 62.6. The number of nitrogens with one attached hydrogen (secondary N) is 1. The van der Waals surface area contributed by atoms with Gasteiger partial charge in [-0.3, -0.25) is 4.55 Å². The molecular weight excluding hydrogens is 679 g/mol. The molecule has 244 valence electrons. The molecule has 0 unspecified atom stereocenters. The van der Waals surface area contributed by atoms with Crippen molar-refractivity contribution in [2.45, 2.75) is 14.7 Å². The van der Waals surface area contributed by atoms with Crippen LogP contribution in [0, 0.1) is 6.08 Å². The van der Waals surface area contributed by atoms with Gasteiger partial charge in [0.25, 0.3) is 10.1 Å². The van der Waals surface area contributed by atoms with Gasteiger partial charge in [-0.1, -0.05) is 10.1 Å². The summed E-state index contributed by atoms with van der Waals surface area (Å²) in [7, 11) is -4.90. The lowest BCUT2D eigenvalue weighted by molar-refractivity contribution is -0.432. The van der Waals surface area contributed by atoms with Crippen molar-refractivity contribution in [1.29, 1.82) is 0 Å². The molecule has 0 spiro atoms. The quantitative estimate of drug-likeness (QED) is 0.0295. The Kier molecular flexibility index (Phi) is 10.6. The van der Waals surface area contributed by atoms with Crippen molar-refractivity contribution in [2.24, 2.45) is 10.2 Å². The number of nitrogen functional groups attached to an aromatic ring is 1. The minimum atomic E-state index is -4.90. The third-order valence-electron chi connectivity index (χ3n) is 6.12. The van der Waals surface area contributed by atoms with Crippen molar-refractivity contribution in [3.8, 4) is 5.75 Å². The van der Waals surface area contributed by atoms with Gasteiger partial charge in [0.05, 0.1) is 53.3 Å². The lowest BCUT2D eigenvalue weighted by Gasteiger charge is -2.26. The maximum atomic E-state index is 14.3. The number of ether oxygens (including phenoxy) is 1. The van der Waals surface area contributed by atoms with Crippen LogP contribution < -0.4 is 16.0 Å². The summed E-state index contributed by atoms with van der Waals surface area (Å²) in [6, 6.07) is 7.82. The van der Waals surface area contributed by atoms with Gasteiger partial charge in [0, 0.05) is 23.7 Å². The van der Waals surface area contributed by atoms with Crippen LogP contribution in [0.1, 0.15) is 0 Å². The number of aromatic hydroxyl groups is 1. The van der Waals surface area contributed by atoms with Crippen LogP contribution in [-0.2, 0) is 33.6 Å². The Labute approximate surface area is 266 Å². The summed E-state index contributed by atoms with van der Waals surface area (Å²) in [5.41, 5.74) is 5.42. The highest BCUT2D eigenvalue weighted by atomic mass is 32.2. The Hall–Kier alpha value is -4.01. The summed E-state index contributed by atoms with van der Waals surface area (Å²) in [4.78, 5) is 13.0. The maximum Gasteiger partial charge on any atom is 0.315 e. The molecule has 23 heteroatoms. The largest absolute Gasteiger partial charge is 0.507 e. The Morgan fingerprint density at radius 1 is 1.02 bits per heavy atom. The number of morpholine rings is 1. The van der Waals surface area contributed by atoms with E-state index in [1.165, 1.54) is 30.3 Å². The number of phenolic OH excluding ortho intramolecular Hbond substituents is 1. The molecule has 1 saturated heterocycles. The van der Waals surface area contributed by atoms with Gasteiger partial charge in [-0.25, -0.2) is 10.5 Å². The second kappa shape index (κ2) is 14.6. The molecule has 4 aromatic rings. The van der Waals surface area contributed by atoms with Crippen LogP contribution in [0.15, 0.2) is 61.3 Å². The molecule has 0 aliphatic carbocycles. The minimum absolute atomic E-state index is 0.0000467. The fourth-order valence-corrected chi connectivity index (χ4v) is 5.72. The van der Waals surface area contributed by atoms with E-state index < -0.39 is 32.5 Å². The number of hydrogen-bond donors (Lipinski definition) is 6. The first-order valence-electron chi connectivity index (χ1n) is 12.5. The van der Waals surface area contributed by atoms with E-state index in [1.807, 2.05) is 0 Å². The second-order valence-corrected chi connectivity index (χ2v) is 11.8. The van der Waals surface area contributed by atoms with Crippen LogP contribution >= 0.6 is 24.1 Å². The van der Waals surface area contributed by atoms with E-state index in [4.69, 9.17) is 21.0 Å². The molecule has 1 aliphatic rings. The fourth-order valence-electron chi connectivity index (χ4n) is 4.21. The van der Waals surface area contributed by atoms with E-state index in [2.05, 4.69) is 49.2 Å². The van der Waals surface area contributed by atoms with Crippen LogP contribution in [0.3, 0.4) is 0 Å². The predicted molar refractivity (Wildman–Crippen MR) is 158 cm³/mol. The predicted octanol–water partition coefficient (Wildman–Crippen LogP) is 4.55. The van der Waals surface area contributed by atoms with Crippen LogP contribution in [0.2, 0.25) is 0 Å². The Morgan fingerprint density at radius 3 is 2.48 bits per heavy atom. The average Bonchev–Trinajstić information content (AvgIpc) is 3.02. The molecule has 19 nitrogen and oxygen atoms in total. The van der Waals surface area contributed by atoms with E-state index in [9.17, 15) is 22.5 Å². The number of aromatic nitrogens is 3. The zero-order chi connectivity index (χ0) is 32.8. The van der Waals surface area contributed by atoms with E-state index in [1.54, 1.807) is 4.90 Å². The number of benzene rings is 3. The fraction of sp³-hybridized carbons (Fsp3) is 0.174. The smallest absolute Gasteiger partial charge is 0.315 e. The van der Waals surface area contributed by atoms with Gasteiger partial charge in [0.1, 0.15) is 22.0 Å². The molecule has 0 atom stereocenters. The van der Waals surface area contributed by atoms with Crippen LogP contribution in [0.25, 0.3) is 10.8 Å². The third-order valence-corrected chi connectivity index (χ3v) is 8.23. The molecule has 5 rings (SSSR count). The second-order valence-electron chi connectivity index (χ2n) is 8.94. The van der Waals surface area contributed by atoms with Crippen molar-refractivity contribution in [2.75, 3.05) is 42.3 Å². The molecule has 0 bridgehead atoms. The van der Waals surface area contributed by atoms with Crippen LogP contribution in [0.4, 0.5) is 39.0 Å². The molecular formula is C23H21FN8O11S3. The van der Waals surface area contributed by atoms with Crippen molar-refractivity contribution in [3.05, 3.63) is 42.5 Å².